The molecule has 3 aromatic heterocycles. The minimum atomic E-state index is -2.64. The zero-order valence-corrected chi connectivity index (χ0v) is 15.3. The van der Waals surface area contributed by atoms with Gasteiger partial charge in [0.15, 0.2) is 4.96 Å². The number of pyridine rings is 1. The van der Waals surface area contributed by atoms with Gasteiger partial charge in [0, 0.05) is 35.2 Å². The van der Waals surface area contributed by atoms with Gasteiger partial charge in [-0.15, -0.1) is 11.3 Å². The minimum Gasteiger partial charge on any atom is -0.322 e. The number of carbonyl (C=O) groups excluding carboxylic acids is 1. The third kappa shape index (κ3) is 3.83. The summed E-state index contributed by atoms with van der Waals surface area (Å²) < 4.78 is 27.2. The van der Waals surface area contributed by atoms with Crippen LogP contribution < -0.4 is 5.32 Å². The Bertz CT molecular complexity index is 1060. The van der Waals surface area contributed by atoms with E-state index in [4.69, 9.17) is 0 Å². The maximum atomic E-state index is 12.6. The molecule has 0 saturated heterocycles. The van der Waals surface area contributed by atoms with Crippen molar-refractivity contribution in [2.45, 2.75) is 10.8 Å². The van der Waals surface area contributed by atoms with Crippen molar-refractivity contribution >= 4 is 39.7 Å². The van der Waals surface area contributed by atoms with E-state index in [1.807, 2.05) is 34.3 Å². The maximum Gasteiger partial charge on any atom is 0.290 e. The average Bonchev–Trinajstić information content (AvgIpc) is 3.24. The Balaban J connectivity index is 1.51. The van der Waals surface area contributed by atoms with Gasteiger partial charge in [0.1, 0.15) is 5.03 Å². The van der Waals surface area contributed by atoms with Crippen molar-refractivity contribution < 1.29 is 13.6 Å². The van der Waals surface area contributed by atoms with Crippen LogP contribution in [0.4, 0.5) is 14.5 Å². The number of hydrogen-bond donors (Lipinski definition) is 1. The summed E-state index contributed by atoms with van der Waals surface area (Å²) in [6.45, 7) is 0. The number of benzene rings is 1. The Morgan fingerprint density at radius 1 is 1.22 bits per heavy atom. The zero-order valence-electron chi connectivity index (χ0n) is 13.7. The van der Waals surface area contributed by atoms with Gasteiger partial charge in [0.2, 0.25) is 0 Å². The molecule has 136 valence electrons. The van der Waals surface area contributed by atoms with E-state index >= 15 is 0 Å². The molecule has 1 aromatic carbocycles. The van der Waals surface area contributed by atoms with Crippen LogP contribution >= 0.6 is 23.1 Å². The van der Waals surface area contributed by atoms with E-state index in [1.165, 1.54) is 18.3 Å². The van der Waals surface area contributed by atoms with E-state index in [1.54, 1.807) is 23.5 Å². The van der Waals surface area contributed by atoms with E-state index < -0.39 is 11.7 Å². The molecule has 0 spiro atoms. The molecule has 0 bridgehead atoms. The highest BCUT2D eigenvalue weighted by Crippen LogP contribution is 2.27. The number of carbonyl (C=O) groups is 1. The van der Waals surface area contributed by atoms with Crippen LogP contribution in [0.3, 0.4) is 0 Å². The van der Waals surface area contributed by atoms with Gasteiger partial charge in [-0.3, -0.25) is 9.20 Å². The second-order valence-electron chi connectivity index (χ2n) is 5.49. The second-order valence-corrected chi connectivity index (χ2v) is 7.34. The first-order valence-corrected chi connectivity index (χ1v) is 9.60. The van der Waals surface area contributed by atoms with E-state index in [0.717, 1.165) is 16.2 Å². The average molecular weight is 402 g/mol. The Morgan fingerprint density at radius 2 is 2.04 bits per heavy atom. The summed E-state index contributed by atoms with van der Waals surface area (Å²) in [5.41, 5.74) is 2.42. The molecule has 1 amide bonds. The predicted molar refractivity (Wildman–Crippen MR) is 103 cm³/mol. The Hall–Kier alpha value is -2.78. The summed E-state index contributed by atoms with van der Waals surface area (Å²) in [6, 6.07) is 10.2. The number of nitrogens with one attached hydrogen (secondary N) is 1. The Labute approximate surface area is 161 Å². The Kier molecular flexibility index (Phi) is 4.87. The SMILES string of the molecule is O=C(Nc1ccc(-c2cn3ccsc3n2)cc1)c1cccnc1SC(F)F. The van der Waals surface area contributed by atoms with Crippen LogP contribution in [0.15, 0.2) is 65.4 Å². The number of thioether (sulfide) groups is 1. The summed E-state index contributed by atoms with van der Waals surface area (Å²) in [5.74, 6) is -3.13. The number of imidazole rings is 1. The fourth-order valence-electron chi connectivity index (χ4n) is 2.53. The molecule has 4 rings (SSSR count). The molecular weight excluding hydrogens is 390 g/mol. The summed E-state index contributed by atoms with van der Waals surface area (Å²) in [7, 11) is 0. The van der Waals surface area contributed by atoms with E-state index in [0.29, 0.717) is 5.69 Å². The van der Waals surface area contributed by atoms with Crippen molar-refractivity contribution in [1.82, 2.24) is 14.4 Å². The first-order chi connectivity index (χ1) is 13.1. The lowest BCUT2D eigenvalue weighted by atomic mass is 10.1. The van der Waals surface area contributed by atoms with Crippen LogP contribution in [0.25, 0.3) is 16.2 Å². The van der Waals surface area contributed by atoms with Gasteiger partial charge in [0.25, 0.3) is 11.7 Å². The Morgan fingerprint density at radius 3 is 2.78 bits per heavy atom. The van der Waals surface area contributed by atoms with Gasteiger partial charge in [0.05, 0.1) is 11.3 Å². The van der Waals surface area contributed by atoms with Crippen LogP contribution in [-0.4, -0.2) is 26.0 Å². The molecule has 0 saturated carbocycles. The lowest BCUT2D eigenvalue weighted by molar-refractivity contribution is 0.102. The van der Waals surface area contributed by atoms with E-state index in [9.17, 15) is 13.6 Å². The quantitative estimate of drug-likeness (QED) is 0.476. The fourth-order valence-corrected chi connectivity index (χ4v) is 3.81. The van der Waals surface area contributed by atoms with Crippen molar-refractivity contribution in [2.75, 3.05) is 5.32 Å². The molecule has 0 radical (unpaired) electrons. The monoisotopic (exact) mass is 402 g/mol. The molecule has 4 aromatic rings. The highest BCUT2D eigenvalue weighted by Gasteiger charge is 2.17. The third-order valence-electron chi connectivity index (χ3n) is 3.75. The molecule has 5 nitrogen and oxygen atoms in total. The molecule has 3 heterocycles. The maximum absolute atomic E-state index is 12.6. The van der Waals surface area contributed by atoms with E-state index in [-0.39, 0.29) is 22.4 Å². The van der Waals surface area contributed by atoms with Crippen LogP contribution in [0, 0.1) is 0 Å². The van der Waals surface area contributed by atoms with Gasteiger partial charge in [-0.2, -0.15) is 8.78 Å². The number of fused-ring (bicyclic) bond motifs is 1. The highest BCUT2D eigenvalue weighted by molar-refractivity contribution is 7.99. The van der Waals surface area contributed by atoms with Gasteiger partial charge >= 0.3 is 0 Å². The van der Waals surface area contributed by atoms with E-state index in [2.05, 4.69) is 15.3 Å². The largest absolute Gasteiger partial charge is 0.322 e. The number of rotatable bonds is 5. The normalized spacial score (nSPS) is 11.2. The molecule has 27 heavy (non-hydrogen) atoms. The number of amides is 1. The lowest BCUT2D eigenvalue weighted by Gasteiger charge is -2.09. The van der Waals surface area contributed by atoms with Gasteiger partial charge in [-0.05, 0) is 36.0 Å². The molecule has 1 N–H and O–H groups in total. The van der Waals surface area contributed by atoms with Crippen LogP contribution in [0.1, 0.15) is 10.4 Å². The minimum absolute atomic E-state index is 0.000277. The molecule has 9 heteroatoms. The molecular formula is C18H12F2N4OS2. The number of alkyl halides is 2. The van der Waals surface area contributed by atoms with Crippen molar-refractivity contribution in [3.8, 4) is 11.3 Å². The first-order valence-electron chi connectivity index (χ1n) is 7.84. The summed E-state index contributed by atoms with van der Waals surface area (Å²) in [6.07, 6.45) is 5.25. The van der Waals surface area contributed by atoms with Gasteiger partial charge < -0.3 is 5.32 Å². The molecule has 0 aliphatic carbocycles. The topological polar surface area (TPSA) is 59.3 Å². The predicted octanol–water partition coefficient (Wildman–Crippen LogP) is 5.02. The van der Waals surface area contributed by atoms with Gasteiger partial charge in [-0.1, -0.05) is 12.1 Å². The van der Waals surface area contributed by atoms with Crippen LogP contribution in [0.5, 0.6) is 0 Å². The standard InChI is InChI=1S/C18H12F2N4OS2/c19-17(20)27-16-13(2-1-7-21-16)15(25)22-12-5-3-11(4-6-12)14-10-24-8-9-26-18(24)23-14/h1-10,17H,(H,22,25). The number of hydrogen-bond acceptors (Lipinski definition) is 5. The summed E-state index contributed by atoms with van der Waals surface area (Å²) >= 11 is 1.80. The smallest absolute Gasteiger partial charge is 0.290 e. The van der Waals surface area contributed by atoms with Crippen LogP contribution in [-0.2, 0) is 0 Å². The fraction of sp³-hybridized carbons (Fsp3) is 0.0556. The zero-order chi connectivity index (χ0) is 18.8. The number of thiazole rings is 1. The number of anilines is 1. The van der Waals surface area contributed by atoms with Crippen molar-refractivity contribution in [3.05, 3.63) is 65.9 Å². The highest BCUT2D eigenvalue weighted by atomic mass is 32.2. The lowest BCUT2D eigenvalue weighted by Crippen LogP contribution is -2.13. The molecule has 0 aliphatic heterocycles. The summed E-state index contributed by atoms with van der Waals surface area (Å²) in [4.78, 5) is 21.7. The number of halogens is 2. The van der Waals surface area contributed by atoms with Gasteiger partial charge in [-0.25, -0.2) is 9.97 Å². The van der Waals surface area contributed by atoms with Crippen molar-refractivity contribution in [3.63, 3.8) is 0 Å². The first kappa shape index (κ1) is 17.6. The second kappa shape index (κ2) is 7.45. The molecule has 0 unspecified atom stereocenters. The number of aromatic nitrogens is 3. The molecule has 0 fully saturated rings. The molecule has 0 aliphatic rings. The van der Waals surface area contributed by atoms with Crippen LogP contribution in [0.2, 0.25) is 0 Å². The third-order valence-corrected chi connectivity index (χ3v) is 5.25. The number of nitrogens with zero attached hydrogens (tertiary/aromatic N) is 3. The van der Waals surface area contributed by atoms with Crippen molar-refractivity contribution in [2.24, 2.45) is 0 Å². The summed E-state index contributed by atoms with van der Waals surface area (Å²) in [5, 5.41) is 4.67. The van der Waals surface area contributed by atoms with Crippen molar-refractivity contribution in [1.29, 1.82) is 0 Å². The molecule has 0 atom stereocenters.